The van der Waals surface area contributed by atoms with E-state index in [1.54, 1.807) is 0 Å². The molecule has 0 aliphatic heterocycles. The van der Waals surface area contributed by atoms with Crippen LogP contribution >= 0.6 is 0 Å². The van der Waals surface area contributed by atoms with Gasteiger partial charge in [-0.1, -0.05) is 27.7 Å². The molecule has 0 aromatic carbocycles. The van der Waals surface area contributed by atoms with Gasteiger partial charge in [0.15, 0.2) is 0 Å². The Balaban J connectivity index is 2.56. The zero-order chi connectivity index (χ0) is 14.1. The van der Waals surface area contributed by atoms with Crippen molar-refractivity contribution in [1.82, 2.24) is 14.9 Å². The fourth-order valence-electron chi connectivity index (χ4n) is 2.35. The number of imidazole rings is 1. The largest absolute Gasteiger partial charge is 0.335 e. The van der Waals surface area contributed by atoms with Gasteiger partial charge >= 0.3 is 0 Å². The van der Waals surface area contributed by atoms with Gasteiger partial charge in [-0.25, -0.2) is 4.98 Å². The predicted molar refractivity (Wildman–Crippen MR) is 82.4 cm³/mol. The molecular weight excluding hydrogens is 234 g/mol. The molecule has 1 aromatic rings. The predicted octanol–water partition coefficient (Wildman–Crippen LogP) is 3.64. The molecule has 1 unspecified atom stereocenters. The van der Waals surface area contributed by atoms with E-state index in [0.29, 0.717) is 6.04 Å². The number of nitrogens with zero attached hydrogens (tertiary/aromatic N) is 2. The van der Waals surface area contributed by atoms with Gasteiger partial charge in [0.05, 0.1) is 0 Å². The molecule has 0 saturated carbocycles. The van der Waals surface area contributed by atoms with Gasteiger partial charge in [-0.3, -0.25) is 0 Å². The summed E-state index contributed by atoms with van der Waals surface area (Å²) in [6.45, 7) is 11.2. The third kappa shape index (κ3) is 6.24. The summed E-state index contributed by atoms with van der Waals surface area (Å²) in [5.41, 5.74) is 0. The molecule has 0 saturated heterocycles. The Hall–Kier alpha value is -0.830. The summed E-state index contributed by atoms with van der Waals surface area (Å²) >= 11 is 0. The van der Waals surface area contributed by atoms with E-state index in [9.17, 15) is 0 Å². The van der Waals surface area contributed by atoms with Gasteiger partial charge < -0.3 is 9.88 Å². The minimum atomic E-state index is 0.570. The number of aryl methyl sites for hydroxylation is 1. The molecule has 1 atom stereocenters. The molecule has 3 heteroatoms. The second-order valence-electron chi connectivity index (χ2n) is 5.86. The van der Waals surface area contributed by atoms with Crippen LogP contribution in [0.15, 0.2) is 12.4 Å². The minimum Gasteiger partial charge on any atom is -0.335 e. The Morgan fingerprint density at radius 3 is 2.63 bits per heavy atom. The van der Waals surface area contributed by atoms with Crippen LogP contribution in [0.1, 0.15) is 59.2 Å². The third-order valence-corrected chi connectivity index (χ3v) is 3.47. The van der Waals surface area contributed by atoms with Crippen LogP contribution in [0.2, 0.25) is 0 Å². The number of rotatable bonds is 10. The lowest BCUT2D eigenvalue weighted by molar-refractivity contribution is 0.416. The van der Waals surface area contributed by atoms with Crippen molar-refractivity contribution in [3.63, 3.8) is 0 Å². The van der Waals surface area contributed by atoms with Crippen LogP contribution in [0.25, 0.3) is 0 Å². The van der Waals surface area contributed by atoms with Crippen molar-refractivity contribution in [3.8, 4) is 0 Å². The number of hydrogen-bond donors (Lipinski definition) is 1. The summed E-state index contributed by atoms with van der Waals surface area (Å²) in [5, 5.41) is 3.68. The summed E-state index contributed by atoms with van der Waals surface area (Å²) < 4.78 is 2.30. The maximum absolute atomic E-state index is 4.53. The fourth-order valence-corrected chi connectivity index (χ4v) is 2.35. The van der Waals surface area contributed by atoms with E-state index in [1.807, 2.05) is 6.20 Å². The van der Waals surface area contributed by atoms with Gasteiger partial charge in [0.25, 0.3) is 0 Å². The molecule has 1 rings (SSSR count). The van der Waals surface area contributed by atoms with Crippen LogP contribution in [-0.4, -0.2) is 22.1 Å². The molecule has 0 bridgehead atoms. The molecule has 0 radical (unpaired) electrons. The Bertz CT molecular complexity index is 330. The lowest BCUT2D eigenvalue weighted by Crippen LogP contribution is -2.33. The quantitative estimate of drug-likeness (QED) is 0.700. The van der Waals surface area contributed by atoms with Gasteiger partial charge in [0.1, 0.15) is 5.82 Å². The van der Waals surface area contributed by atoms with Crippen LogP contribution in [0, 0.1) is 5.92 Å². The van der Waals surface area contributed by atoms with Crippen molar-refractivity contribution in [2.75, 3.05) is 6.54 Å². The lowest BCUT2D eigenvalue weighted by atomic mass is 10.0. The highest BCUT2D eigenvalue weighted by molar-refractivity contribution is 4.95. The highest BCUT2D eigenvalue weighted by Gasteiger charge is 2.13. The Labute approximate surface area is 118 Å². The lowest BCUT2D eigenvalue weighted by Gasteiger charge is -2.20. The normalized spacial score (nSPS) is 13.1. The van der Waals surface area contributed by atoms with Gasteiger partial charge in [0, 0.05) is 31.4 Å². The molecule has 0 aliphatic carbocycles. The Morgan fingerprint density at radius 2 is 2.00 bits per heavy atom. The number of hydrogen-bond acceptors (Lipinski definition) is 2. The van der Waals surface area contributed by atoms with Crippen molar-refractivity contribution < 1.29 is 0 Å². The average Bonchev–Trinajstić information content (AvgIpc) is 2.80. The molecule has 3 nitrogen and oxygen atoms in total. The highest BCUT2D eigenvalue weighted by atomic mass is 15.1. The minimum absolute atomic E-state index is 0.570. The second-order valence-corrected chi connectivity index (χ2v) is 5.86. The van der Waals surface area contributed by atoms with E-state index < -0.39 is 0 Å². The van der Waals surface area contributed by atoms with Crippen molar-refractivity contribution >= 4 is 0 Å². The van der Waals surface area contributed by atoms with Crippen molar-refractivity contribution in [1.29, 1.82) is 0 Å². The topological polar surface area (TPSA) is 29.9 Å². The van der Waals surface area contributed by atoms with E-state index in [0.717, 1.165) is 25.4 Å². The zero-order valence-corrected chi connectivity index (χ0v) is 13.2. The van der Waals surface area contributed by atoms with Gasteiger partial charge in [-0.05, 0) is 38.1 Å². The van der Waals surface area contributed by atoms with E-state index in [2.05, 4.69) is 48.8 Å². The molecule has 0 amide bonds. The first-order valence-corrected chi connectivity index (χ1v) is 7.90. The highest BCUT2D eigenvalue weighted by Crippen LogP contribution is 2.11. The first-order chi connectivity index (χ1) is 9.17. The zero-order valence-electron chi connectivity index (χ0n) is 13.2. The summed E-state index contributed by atoms with van der Waals surface area (Å²) in [5.74, 6) is 2.01. The maximum atomic E-state index is 4.53. The number of aromatic nitrogens is 2. The van der Waals surface area contributed by atoms with E-state index in [4.69, 9.17) is 0 Å². The molecule has 0 aliphatic rings. The van der Waals surface area contributed by atoms with Crippen LogP contribution in [0.3, 0.4) is 0 Å². The standard InChI is InChI=1S/C16H31N3/c1-5-9-17-15(8-7-14(3)4)13-16-18-10-12-19(16)11-6-2/h10,12,14-15,17H,5-9,11,13H2,1-4H3. The van der Waals surface area contributed by atoms with Gasteiger partial charge in [0.2, 0.25) is 0 Å². The van der Waals surface area contributed by atoms with Gasteiger partial charge in [-0.15, -0.1) is 0 Å². The average molecular weight is 265 g/mol. The molecule has 110 valence electrons. The van der Waals surface area contributed by atoms with Crippen LogP contribution in [0.5, 0.6) is 0 Å². The van der Waals surface area contributed by atoms with Crippen molar-refractivity contribution in [3.05, 3.63) is 18.2 Å². The van der Waals surface area contributed by atoms with Crippen LogP contribution < -0.4 is 5.32 Å². The van der Waals surface area contributed by atoms with Crippen LogP contribution in [-0.2, 0) is 13.0 Å². The summed E-state index contributed by atoms with van der Waals surface area (Å²) in [6, 6.07) is 0.570. The SMILES string of the molecule is CCCNC(CCC(C)C)Cc1nccn1CCC. The fraction of sp³-hybridized carbons (Fsp3) is 0.812. The van der Waals surface area contributed by atoms with Gasteiger partial charge in [-0.2, -0.15) is 0 Å². The van der Waals surface area contributed by atoms with Crippen molar-refractivity contribution in [2.45, 2.75) is 72.4 Å². The monoisotopic (exact) mass is 265 g/mol. The van der Waals surface area contributed by atoms with E-state index in [1.165, 1.54) is 31.5 Å². The second kappa shape index (κ2) is 9.13. The maximum Gasteiger partial charge on any atom is 0.110 e. The molecule has 1 heterocycles. The molecule has 0 fully saturated rings. The summed E-state index contributed by atoms with van der Waals surface area (Å²) in [4.78, 5) is 4.53. The number of nitrogens with one attached hydrogen (secondary N) is 1. The van der Waals surface area contributed by atoms with E-state index in [-0.39, 0.29) is 0 Å². The smallest absolute Gasteiger partial charge is 0.110 e. The first-order valence-electron chi connectivity index (χ1n) is 7.90. The first kappa shape index (κ1) is 16.2. The summed E-state index contributed by atoms with van der Waals surface area (Å²) in [7, 11) is 0. The Morgan fingerprint density at radius 1 is 1.21 bits per heavy atom. The molecule has 1 N–H and O–H groups in total. The molecule has 19 heavy (non-hydrogen) atoms. The summed E-state index contributed by atoms with van der Waals surface area (Å²) in [6.07, 6.45) is 10.00. The molecule has 0 spiro atoms. The molecule has 1 aromatic heterocycles. The van der Waals surface area contributed by atoms with E-state index >= 15 is 0 Å². The molecular formula is C16H31N3. The van der Waals surface area contributed by atoms with Crippen LogP contribution in [0.4, 0.5) is 0 Å². The Kier molecular flexibility index (Phi) is 7.80. The third-order valence-electron chi connectivity index (χ3n) is 3.47. The van der Waals surface area contributed by atoms with Crippen molar-refractivity contribution in [2.24, 2.45) is 5.92 Å².